The van der Waals surface area contributed by atoms with Crippen molar-refractivity contribution in [1.82, 2.24) is 5.32 Å². The van der Waals surface area contributed by atoms with Gasteiger partial charge in [-0.2, -0.15) is 0 Å². The van der Waals surface area contributed by atoms with Gasteiger partial charge in [0.2, 0.25) is 5.91 Å². The van der Waals surface area contributed by atoms with E-state index in [0.29, 0.717) is 25.0 Å². The van der Waals surface area contributed by atoms with E-state index in [1.54, 1.807) is 0 Å². The number of ether oxygens (including phenoxy) is 2. The van der Waals surface area contributed by atoms with Crippen molar-refractivity contribution in [3.63, 3.8) is 0 Å². The molecule has 124 valence electrons. The van der Waals surface area contributed by atoms with E-state index in [2.05, 4.69) is 10.6 Å². The number of carbonyl (C=O) groups excluding carboxylic acids is 1. The lowest BCUT2D eigenvalue weighted by Gasteiger charge is -2.22. The highest BCUT2D eigenvalue weighted by Crippen LogP contribution is 2.34. The molecule has 1 amide bonds. The molecule has 1 atom stereocenters. The van der Waals surface area contributed by atoms with Crippen LogP contribution in [0.3, 0.4) is 0 Å². The van der Waals surface area contributed by atoms with Gasteiger partial charge in [-0.1, -0.05) is 30.3 Å². The van der Waals surface area contributed by atoms with Crippen molar-refractivity contribution in [3.05, 3.63) is 54.1 Å². The Balaban J connectivity index is 1.57. The third-order valence-corrected chi connectivity index (χ3v) is 4.17. The van der Waals surface area contributed by atoms with Gasteiger partial charge in [0, 0.05) is 17.8 Å². The molecule has 4 rings (SSSR count). The van der Waals surface area contributed by atoms with Gasteiger partial charge in [0.25, 0.3) is 0 Å². The predicted molar refractivity (Wildman–Crippen MR) is 91.4 cm³/mol. The van der Waals surface area contributed by atoms with Gasteiger partial charge in [0.15, 0.2) is 11.5 Å². The Hall–Kier alpha value is -2.69. The van der Waals surface area contributed by atoms with Crippen LogP contribution in [0.25, 0.3) is 0 Å². The zero-order valence-electron chi connectivity index (χ0n) is 13.3. The van der Waals surface area contributed by atoms with Gasteiger partial charge in [0.05, 0.1) is 0 Å². The lowest BCUT2D eigenvalue weighted by atomic mass is 10.1. The Morgan fingerprint density at radius 2 is 1.75 bits per heavy atom. The van der Waals surface area contributed by atoms with E-state index in [1.165, 1.54) is 0 Å². The largest absolute Gasteiger partial charge is 0.486 e. The summed E-state index contributed by atoms with van der Waals surface area (Å²) in [5.41, 5.74) is 1.77. The maximum absolute atomic E-state index is 12.7. The molecule has 0 spiro atoms. The second-order valence-corrected chi connectivity index (χ2v) is 6.13. The summed E-state index contributed by atoms with van der Waals surface area (Å²) in [6, 6.07) is 15.3. The van der Waals surface area contributed by atoms with Crippen molar-refractivity contribution in [3.8, 4) is 11.5 Å². The van der Waals surface area contributed by atoms with Crippen LogP contribution in [0.15, 0.2) is 48.5 Å². The van der Waals surface area contributed by atoms with Crippen LogP contribution in [0.1, 0.15) is 24.4 Å². The molecule has 5 nitrogen and oxygen atoms in total. The lowest BCUT2D eigenvalue weighted by molar-refractivity contribution is -0.122. The number of benzene rings is 2. The third kappa shape index (κ3) is 3.30. The van der Waals surface area contributed by atoms with E-state index >= 15 is 0 Å². The molecular weight excluding hydrogens is 304 g/mol. The van der Waals surface area contributed by atoms with Crippen molar-refractivity contribution in [2.75, 3.05) is 18.5 Å². The molecule has 24 heavy (non-hydrogen) atoms. The van der Waals surface area contributed by atoms with Crippen LogP contribution in [-0.4, -0.2) is 25.2 Å². The first kappa shape index (κ1) is 14.9. The first-order chi connectivity index (χ1) is 11.8. The Morgan fingerprint density at radius 3 is 2.50 bits per heavy atom. The van der Waals surface area contributed by atoms with E-state index in [-0.39, 0.29) is 5.91 Å². The van der Waals surface area contributed by atoms with Gasteiger partial charge < -0.3 is 20.1 Å². The summed E-state index contributed by atoms with van der Waals surface area (Å²) in [5.74, 6) is 1.45. The van der Waals surface area contributed by atoms with Gasteiger partial charge in [-0.05, 0) is 30.5 Å². The molecule has 0 radical (unpaired) electrons. The topological polar surface area (TPSA) is 59.6 Å². The van der Waals surface area contributed by atoms with Crippen molar-refractivity contribution < 1.29 is 14.3 Å². The van der Waals surface area contributed by atoms with Crippen LogP contribution in [0.2, 0.25) is 0 Å². The Bertz CT molecular complexity index is 729. The number of hydrogen-bond donors (Lipinski definition) is 2. The number of fused-ring (bicyclic) bond motifs is 1. The highest BCUT2D eigenvalue weighted by atomic mass is 16.6. The number of carbonyl (C=O) groups is 1. The van der Waals surface area contributed by atoms with Gasteiger partial charge >= 0.3 is 0 Å². The average Bonchev–Trinajstić information content (AvgIpc) is 3.44. The molecule has 1 aliphatic heterocycles. The Labute approximate surface area is 141 Å². The van der Waals surface area contributed by atoms with Crippen LogP contribution >= 0.6 is 0 Å². The fourth-order valence-corrected chi connectivity index (χ4v) is 2.76. The fourth-order valence-electron chi connectivity index (χ4n) is 2.76. The first-order valence-corrected chi connectivity index (χ1v) is 8.31. The molecule has 1 saturated carbocycles. The van der Waals surface area contributed by atoms with Crippen LogP contribution in [0, 0.1) is 0 Å². The standard InChI is InChI=1S/C19H20N2O3/c22-19(21-14-6-7-14)18(13-4-2-1-3-5-13)20-15-8-9-16-17(12-15)24-11-10-23-16/h1-5,8-9,12,14,18,20H,6-7,10-11H2,(H,21,22)/t18-/m1/s1. The summed E-state index contributed by atoms with van der Waals surface area (Å²) in [6.07, 6.45) is 2.13. The number of nitrogens with one attached hydrogen (secondary N) is 2. The van der Waals surface area contributed by atoms with Gasteiger partial charge in [-0.15, -0.1) is 0 Å². The number of hydrogen-bond acceptors (Lipinski definition) is 4. The summed E-state index contributed by atoms with van der Waals surface area (Å²) in [6.45, 7) is 1.11. The number of rotatable bonds is 5. The van der Waals surface area contributed by atoms with Crippen molar-refractivity contribution >= 4 is 11.6 Å². The first-order valence-electron chi connectivity index (χ1n) is 8.31. The number of amides is 1. The smallest absolute Gasteiger partial charge is 0.247 e. The second-order valence-electron chi connectivity index (χ2n) is 6.13. The van der Waals surface area contributed by atoms with Gasteiger partial charge in [-0.25, -0.2) is 0 Å². The molecule has 2 aromatic rings. The molecule has 1 aliphatic carbocycles. The maximum Gasteiger partial charge on any atom is 0.247 e. The maximum atomic E-state index is 12.7. The summed E-state index contributed by atoms with van der Waals surface area (Å²) in [5, 5.41) is 6.41. The average molecular weight is 324 g/mol. The van der Waals surface area contributed by atoms with Crippen LogP contribution in [-0.2, 0) is 4.79 Å². The van der Waals surface area contributed by atoms with E-state index in [9.17, 15) is 4.79 Å². The number of anilines is 1. The summed E-state index contributed by atoms with van der Waals surface area (Å²) in [4.78, 5) is 12.7. The zero-order chi connectivity index (χ0) is 16.4. The molecule has 2 aliphatic rings. The summed E-state index contributed by atoms with van der Waals surface area (Å²) < 4.78 is 11.2. The Morgan fingerprint density at radius 1 is 1.00 bits per heavy atom. The minimum Gasteiger partial charge on any atom is -0.486 e. The lowest BCUT2D eigenvalue weighted by Crippen LogP contribution is -2.34. The van der Waals surface area contributed by atoms with Crippen molar-refractivity contribution in [2.24, 2.45) is 0 Å². The highest BCUT2D eigenvalue weighted by molar-refractivity contribution is 5.86. The predicted octanol–water partition coefficient (Wildman–Crippen LogP) is 2.89. The molecule has 0 saturated heterocycles. The monoisotopic (exact) mass is 324 g/mol. The molecule has 2 N–H and O–H groups in total. The molecule has 1 heterocycles. The second kappa shape index (κ2) is 6.43. The molecule has 5 heteroatoms. The van der Waals surface area contributed by atoms with Gasteiger partial charge in [-0.3, -0.25) is 4.79 Å². The quantitative estimate of drug-likeness (QED) is 0.888. The molecule has 0 aromatic heterocycles. The summed E-state index contributed by atoms with van der Waals surface area (Å²) >= 11 is 0. The zero-order valence-corrected chi connectivity index (χ0v) is 13.3. The van der Waals surface area contributed by atoms with E-state index in [0.717, 1.165) is 29.8 Å². The van der Waals surface area contributed by atoms with Crippen LogP contribution in [0.5, 0.6) is 11.5 Å². The van der Waals surface area contributed by atoms with Crippen molar-refractivity contribution in [2.45, 2.75) is 24.9 Å². The minimum absolute atomic E-state index is 0.00131. The fraction of sp³-hybridized carbons (Fsp3) is 0.316. The Kier molecular flexibility index (Phi) is 3.99. The SMILES string of the molecule is O=C(NC1CC1)[C@H](Nc1ccc2c(c1)OCCO2)c1ccccc1. The van der Waals surface area contributed by atoms with Crippen LogP contribution in [0.4, 0.5) is 5.69 Å². The third-order valence-electron chi connectivity index (χ3n) is 4.17. The molecule has 0 unspecified atom stereocenters. The molecule has 1 fully saturated rings. The molecule has 2 aromatic carbocycles. The molecule has 0 bridgehead atoms. The molecular formula is C19H20N2O3. The van der Waals surface area contributed by atoms with E-state index < -0.39 is 6.04 Å². The highest BCUT2D eigenvalue weighted by Gasteiger charge is 2.28. The van der Waals surface area contributed by atoms with Crippen LogP contribution < -0.4 is 20.1 Å². The van der Waals surface area contributed by atoms with E-state index in [1.807, 2.05) is 48.5 Å². The minimum atomic E-state index is -0.436. The van der Waals surface area contributed by atoms with Crippen molar-refractivity contribution in [1.29, 1.82) is 0 Å². The summed E-state index contributed by atoms with van der Waals surface area (Å²) in [7, 11) is 0. The van der Waals surface area contributed by atoms with E-state index in [4.69, 9.17) is 9.47 Å². The van der Waals surface area contributed by atoms with Gasteiger partial charge in [0.1, 0.15) is 19.3 Å². The normalized spacial score (nSPS) is 17.0.